The number of hydrogen-bond acceptors (Lipinski definition) is 5. The van der Waals surface area contributed by atoms with Crippen LogP contribution in [0.1, 0.15) is 52.4 Å². The molecule has 7 nitrogen and oxygen atoms in total. The van der Waals surface area contributed by atoms with Gasteiger partial charge >= 0.3 is 6.09 Å². The minimum Gasteiger partial charge on any atom is -0.410 e. The average molecular weight is 460 g/mol. The van der Waals surface area contributed by atoms with Crippen LogP contribution >= 0.6 is 0 Å². The lowest BCUT2D eigenvalue weighted by atomic mass is 9.87. The zero-order chi connectivity index (χ0) is 24.1. The minimum absolute atomic E-state index is 0.0883. The van der Waals surface area contributed by atoms with Crippen molar-refractivity contribution in [2.24, 2.45) is 11.8 Å². The van der Waals surface area contributed by atoms with Gasteiger partial charge in [-0.1, -0.05) is 44.2 Å². The Morgan fingerprint density at radius 1 is 1.24 bits per heavy atom. The predicted molar refractivity (Wildman–Crippen MR) is 131 cm³/mol. The molecule has 2 atom stereocenters. The first-order valence-electron chi connectivity index (χ1n) is 12.1. The standard InChI is InChI=1S/C26H41N3O4/c1-21(2)12-8-5-6-11-15-24(30)28-19-22-16-17-29(26(18-22,32-4)20-27-3)25(31)33-23-13-9-7-10-14-23/h7-10,12-14,21-22,27H,5-6,11,15-20H2,1-4H3,(H,28,30)/b12-8+. The van der Waals surface area contributed by atoms with Crippen LogP contribution in [0, 0.1) is 11.8 Å². The summed E-state index contributed by atoms with van der Waals surface area (Å²) < 4.78 is 11.5. The Labute approximate surface area is 198 Å². The summed E-state index contributed by atoms with van der Waals surface area (Å²) in [6.45, 7) is 5.89. The summed E-state index contributed by atoms with van der Waals surface area (Å²) in [7, 11) is 3.46. The summed E-state index contributed by atoms with van der Waals surface area (Å²) >= 11 is 0. The molecule has 1 heterocycles. The van der Waals surface area contributed by atoms with Crippen molar-refractivity contribution in [3.05, 3.63) is 42.5 Å². The van der Waals surface area contributed by atoms with E-state index in [2.05, 4.69) is 36.6 Å². The molecule has 33 heavy (non-hydrogen) atoms. The molecule has 0 aliphatic carbocycles. The Kier molecular flexibility index (Phi) is 11.4. The molecule has 2 unspecified atom stereocenters. The number of ether oxygens (including phenoxy) is 2. The Hall–Kier alpha value is -2.38. The highest BCUT2D eigenvalue weighted by atomic mass is 16.6. The maximum Gasteiger partial charge on any atom is 0.417 e. The van der Waals surface area contributed by atoms with Gasteiger partial charge in [-0.25, -0.2) is 4.79 Å². The predicted octanol–water partition coefficient (Wildman–Crippen LogP) is 4.35. The van der Waals surface area contributed by atoms with Gasteiger partial charge in [0.05, 0.1) is 0 Å². The number of nitrogens with zero attached hydrogens (tertiary/aromatic N) is 1. The number of nitrogens with one attached hydrogen (secondary N) is 2. The lowest BCUT2D eigenvalue weighted by molar-refractivity contribution is -0.148. The maximum atomic E-state index is 12.9. The van der Waals surface area contributed by atoms with E-state index >= 15 is 0 Å². The molecule has 1 aliphatic rings. The molecule has 1 saturated heterocycles. The quantitative estimate of drug-likeness (QED) is 0.359. The van der Waals surface area contributed by atoms with Gasteiger partial charge in [0.15, 0.2) is 5.72 Å². The SMILES string of the molecule is CNCC1(OC)CC(CNC(=O)CCCC/C=C/C(C)C)CCN1C(=O)Oc1ccccc1. The van der Waals surface area contributed by atoms with Crippen LogP contribution in [0.2, 0.25) is 0 Å². The molecule has 0 saturated carbocycles. The number of methoxy groups -OCH3 is 1. The van der Waals surface area contributed by atoms with Crippen molar-refractivity contribution in [3.63, 3.8) is 0 Å². The molecule has 2 amide bonds. The van der Waals surface area contributed by atoms with E-state index in [1.165, 1.54) is 0 Å². The second kappa shape index (κ2) is 14.0. The molecule has 2 N–H and O–H groups in total. The number of hydrogen-bond donors (Lipinski definition) is 2. The Balaban J connectivity index is 1.85. The molecular weight excluding hydrogens is 418 g/mol. The van der Waals surface area contributed by atoms with Crippen molar-refractivity contribution in [2.75, 3.05) is 33.8 Å². The van der Waals surface area contributed by atoms with Crippen molar-refractivity contribution in [1.82, 2.24) is 15.5 Å². The van der Waals surface area contributed by atoms with Gasteiger partial charge in [-0.2, -0.15) is 0 Å². The van der Waals surface area contributed by atoms with Gasteiger partial charge in [0.2, 0.25) is 5.91 Å². The molecule has 0 bridgehead atoms. The van der Waals surface area contributed by atoms with Gasteiger partial charge < -0.3 is 20.1 Å². The number of para-hydroxylation sites is 1. The topological polar surface area (TPSA) is 79.9 Å². The van der Waals surface area contributed by atoms with Crippen LogP contribution in [0.15, 0.2) is 42.5 Å². The fraction of sp³-hybridized carbons (Fsp3) is 0.615. The van der Waals surface area contributed by atoms with E-state index in [0.29, 0.717) is 44.1 Å². The monoisotopic (exact) mass is 459 g/mol. The van der Waals surface area contributed by atoms with Crippen molar-refractivity contribution in [1.29, 1.82) is 0 Å². The first-order chi connectivity index (χ1) is 15.9. The number of allylic oxidation sites excluding steroid dienone is 2. The first kappa shape index (κ1) is 26.9. The van der Waals surface area contributed by atoms with Crippen molar-refractivity contribution in [2.45, 2.75) is 58.1 Å². The van der Waals surface area contributed by atoms with Crippen LogP contribution in [0.3, 0.4) is 0 Å². The van der Waals surface area contributed by atoms with Crippen LogP contribution in [-0.2, 0) is 9.53 Å². The third-order valence-electron chi connectivity index (χ3n) is 6.00. The van der Waals surface area contributed by atoms with Gasteiger partial charge in [0.1, 0.15) is 5.75 Å². The average Bonchev–Trinajstić information content (AvgIpc) is 2.80. The molecule has 7 heteroatoms. The van der Waals surface area contributed by atoms with Crippen molar-refractivity contribution in [3.8, 4) is 5.75 Å². The zero-order valence-corrected chi connectivity index (χ0v) is 20.6. The van der Waals surface area contributed by atoms with E-state index in [9.17, 15) is 9.59 Å². The number of amides is 2. The molecule has 0 radical (unpaired) electrons. The highest BCUT2D eigenvalue weighted by Crippen LogP contribution is 2.33. The highest BCUT2D eigenvalue weighted by molar-refractivity contribution is 5.75. The van der Waals surface area contributed by atoms with Crippen LogP contribution in [0.5, 0.6) is 5.75 Å². The van der Waals surface area contributed by atoms with Crippen LogP contribution in [-0.4, -0.2) is 56.4 Å². The third kappa shape index (κ3) is 8.82. The minimum atomic E-state index is -0.822. The van der Waals surface area contributed by atoms with E-state index in [1.807, 2.05) is 25.2 Å². The van der Waals surface area contributed by atoms with E-state index in [0.717, 1.165) is 25.7 Å². The molecule has 1 aliphatic heterocycles. The fourth-order valence-corrected chi connectivity index (χ4v) is 4.23. The number of carbonyl (C=O) groups excluding carboxylic acids is 2. The lowest BCUT2D eigenvalue weighted by Crippen LogP contribution is -2.63. The van der Waals surface area contributed by atoms with E-state index in [1.54, 1.807) is 24.1 Å². The lowest BCUT2D eigenvalue weighted by Gasteiger charge is -2.47. The maximum absolute atomic E-state index is 12.9. The van der Waals surface area contributed by atoms with Gasteiger partial charge in [-0.15, -0.1) is 0 Å². The van der Waals surface area contributed by atoms with Crippen LogP contribution in [0.25, 0.3) is 0 Å². The molecule has 0 spiro atoms. The van der Waals surface area contributed by atoms with Crippen molar-refractivity contribution >= 4 is 12.0 Å². The van der Waals surface area contributed by atoms with Crippen molar-refractivity contribution < 1.29 is 19.1 Å². The number of rotatable bonds is 12. The second-order valence-corrected chi connectivity index (χ2v) is 9.09. The van der Waals surface area contributed by atoms with Gasteiger partial charge in [0.25, 0.3) is 0 Å². The summed E-state index contributed by atoms with van der Waals surface area (Å²) in [6.07, 6.45) is 8.85. The highest BCUT2D eigenvalue weighted by Gasteiger charge is 2.45. The summed E-state index contributed by atoms with van der Waals surface area (Å²) in [5.74, 6) is 1.38. The number of benzene rings is 1. The zero-order valence-electron chi connectivity index (χ0n) is 20.6. The number of unbranched alkanes of at least 4 members (excludes halogenated alkanes) is 2. The van der Waals surface area contributed by atoms with Crippen LogP contribution < -0.4 is 15.4 Å². The summed E-state index contributed by atoms with van der Waals surface area (Å²) in [4.78, 5) is 26.9. The summed E-state index contributed by atoms with van der Waals surface area (Å²) in [6, 6.07) is 9.05. The molecule has 0 aromatic heterocycles. The second-order valence-electron chi connectivity index (χ2n) is 9.09. The summed E-state index contributed by atoms with van der Waals surface area (Å²) in [5.41, 5.74) is -0.822. The fourth-order valence-electron chi connectivity index (χ4n) is 4.23. The third-order valence-corrected chi connectivity index (χ3v) is 6.00. The largest absolute Gasteiger partial charge is 0.417 e. The first-order valence-corrected chi connectivity index (χ1v) is 12.1. The smallest absolute Gasteiger partial charge is 0.410 e. The molecule has 1 fully saturated rings. The van der Waals surface area contributed by atoms with Gasteiger partial charge in [-0.05, 0) is 56.7 Å². The molecule has 184 valence electrons. The Bertz CT molecular complexity index is 753. The van der Waals surface area contributed by atoms with E-state index in [4.69, 9.17) is 9.47 Å². The number of carbonyl (C=O) groups is 2. The van der Waals surface area contributed by atoms with Gasteiger partial charge in [-0.3, -0.25) is 9.69 Å². The molecule has 1 aromatic rings. The van der Waals surface area contributed by atoms with E-state index < -0.39 is 11.8 Å². The number of likely N-dealkylation sites (N-methyl/N-ethyl adjacent to an activating group) is 1. The molecule has 2 rings (SSSR count). The number of likely N-dealkylation sites (tertiary alicyclic amines) is 1. The normalized spacial score (nSPS) is 20.9. The van der Waals surface area contributed by atoms with Crippen LogP contribution in [0.4, 0.5) is 4.79 Å². The number of piperidine rings is 1. The molecule has 1 aromatic carbocycles. The van der Waals surface area contributed by atoms with E-state index in [-0.39, 0.29) is 11.8 Å². The summed E-state index contributed by atoms with van der Waals surface area (Å²) in [5, 5.41) is 6.23. The van der Waals surface area contributed by atoms with Gasteiger partial charge in [0, 0.05) is 39.6 Å². The molecular formula is C26H41N3O4. The Morgan fingerprint density at radius 3 is 2.67 bits per heavy atom. The Morgan fingerprint density at radius 2 is 2.00 bits per heavy atom.